The van der Waals surface area contributed by atoms with E-state index in [4.69, 9.17) is 4.74 Å². The third kappa shape index (κ3) is 3.48. The van der Waals surface area contributed by atoms with E-state index in [-0.39, 0.29) is 17.6 Å². The van der Waals surface area contributed by atoms with Crippen molar-refractivity contribution in [3.63, 3.8) is 0 Å². The summed E-state index contributed by atoms with van der Waals surface area (Å²) in [5.74, 6) is -1.63. The smallest absolute Gasteiger partial charge is 0.380 e. The summed E-state index contributed by atoms with van der Waals surface area (Å²) in [4.78, 5) is 29.2. The molecular weight excluding hydrogens is 393 g/mol. The first kappa shape index (κ1) is 19.1. The number of ether oxygens (including phenoxy) is 1. The Hall–Kier alpha value is -3.21. The summed E-state index contributed by atoms with van der Waals surface area (Å²) >= 11 is 0. The Bertz CT molecular complexity index is 1100. The van der Waals surface area contributed by atoms with Gasteiger partial charge in [0.25, 0.3) is 10.9 Å². The van der Waals surface area contributed by atoms with Crippen LogP contribution in [0.25, 0.3) is 11.4 Å². The lowest BCUT2D eigenvalue weighted by Crippen LogP contribution is -2.41. The monoisotopic (exact) mass is 408 g/mol. The van der Waals surface area contributed by atoms with Gasteiger partial charge in [0.2, 0.25) is 5.82 Å². The number of nitrogens with zero attached hydrogens (tertiary/aromatic N) is 3. The normalized spacial score (nSPS) is 17.2. The van der Waals surface area contributed by atoms with Crippen LogP contribution in [0.1, 0.15) is 12.3 Å². The Morgan fingerprint density at radius 3 is 2.52 bits per heavy atom. The minimum absolute atomic E-state index is 0.00286. The first-order valence-corrected chi connectivity index (χ1v) is 8.67. The lowest BCUT2D eigenvalue weighted by atomic mass is 10.1. The van der Waals surface area contributed by atoms with Crippen LogP contribution in [0.4, 0.5) is 30.2 Å². The van der Waals surface area contributed by atoms with Crippen molar-refractivity contribution in [2.45, 2.75) is 18.7 Å². The fourth-order valence-corrected chi connectivity index (χ4v) is 3.22. The average Bonchev–Trinajstić information content (AvgIpc) is 3.37. The average molecular weight is 408 g/mol. The van der Waals surface area contributed by atoms with Gasteiger partial charge < -0.3 is 19.5 Å². The summed E-state index contributed by atoms with van der Waals surface area (Å²) in [6, 6.07) is 6.05. The molecule has 4 rings (SSSR count). The molecule has 1 fully saturated rings. The van der Waals surface area contributed by atoms with Crippen LogP contribution in [0.15, 0.2) is 38.4 Å². The number of rotatable bonds is 5. The Morgan fingerprint density at radius 2 is 1.93 bits per heavy atom. The van der Waals surface area contributed by atoms with E-state index in [1.165, 1.54) is 12.1 Å². The molecule has 1 aromatic heterocycles. The number of anilines is 3. The minimum atomic E-state index is -4.72. The highest BCUT2D eigenvalue weighted by molar-refractivity contribution is 5.80. The zero-order valence-corrected chi connectivity index (χ0v) is 15.1. The van der Waals surface area contributed by atoms with Crippen LogP contribution in [0, 0.1) is 0 Å². The molecule has 2 aromatic carbocycles. The third-order valence-electron chi connectivity index (χ3n) is 4.76. The maximum Gasteiger partial charge on any atom is 0.471 e. The van der Waals surface area contributed by atoms with Gasteiger partial charge in [0.05, 0.1) is 6.10 Å². The highest BCUT2D eigenvalue weighted by atomic mass is 19.4. The molecule has 0 aliphatic carbocycles. The number of aromatic nitrogens is 2. The molecule has 1 aliphatic rings. The van der Waals surface area contributed by atoms with Crippen LogP contribution >= 0.6 is 0 Å². The number of halogens is 3. The molecule has 1 aliphatic heterocycles. The predicted molar refractivity (Wildman–Crippen MR) is 97.0 cm³/mol. The summed E-state index contributed by atoms with van der Waals surface area (Å²) in [6.07, 6.45) is -3.96. The summed E-state index contributed by atoms with van der Waals surface area (Å²) < 4.78 is 47.2. The van der Waals surface area contributed by atoms with E-state index in [1.54, 1.807) is 19.2 Å². The quantitative estimate of drug-likeness (QED) is 0.643. The van der Waals surface area contributed by atoms with Crippen LogP contribution in [0.2, 0.25) is 0 Å². The van der Waals surface area contributed by atoms with Crippen LogP contribution in [0.5, 0.6) is 0 Å². The molecule has 0 bridgehead atoms. The maximum absolute atomic E-state index is 12.6. The summed E-state index contributed by atoms with van der Waals surface area (Å²) in [6.45, 7) is 1.13. The van der Waals surface area contributed by atoms with Gasteiger partial charge in [0.15, 0.2) is 0 Å². The number of nitrogens with one attached hydrogen (secondary N) is 1. The van der Waals surface area contributed by atoms with Crippen molar-refractivity contribution in [3.8, 4) is 11.4 Å². The molecule has 8 nitrogen and oxygen atoms in total. The van der Waals surface area contributed by atoms with Crippen molar-refractivity contribution >= 4 is 17.1 Å². The number of alkyl halides is 3. The van der Waals surface area contributed by atoms with Gasteiger partial charge >= 0.3 is 12.1 Å². The Kier molecular flexibility index (Phi) is 4.61. The van der Waals surface area contributed by atoms with E-state index >= 15 is 0 Å². The van der Waals surface area contributed by atoms with Crippen LogP contribution in [-0.4, -0.2) is 36.4 Å². The van der Waals surface area contributed by atoms with Crippen LogP contribution < -0.4 is 21.1 Å². The zero-order valence-electron chi connectivity index (χ0n) is 15.1. The summed E-state index contributed by atoms with van der Waals surface area (Å²) in [7, 11) is 1.60. The molecule has 3 aromatic rings. The lowest BCUT2D eigenvalue weighted by Gasteiger charge is -2.23. The first-order valence-electron chi connectivity index (χ1n) is 8.67. The van der Waals surface area contributed by atoms with Gasteiger partial charge in [-0.15, -0.1) is 0 Å². The second-order valence-corrected chi connectivity index (χ2v) is 6.60. The first-order chi connectivity index (χ1) is 13.8. The minimum Gasteiger partial charge on any atom is -0.380 e. The number of methoxy groups -OCH3 is 1. The van der Waals surface area contributed by atoms with E-state index in [9.17, 15) is 22.8 Å². The van der Waals surface area contributed by atoms with Crippen molar-refractivity contribution in [3.05, 3.63) is 50.6 Å². The predicted octanol–water partition coefficient (Wildman–Crippen LogP) is 2.32. The van der Waals surface area contributed by atoms with E-state index in [2.05, 4.69) is 20.0 Å². The molecule has 1 unspecified atom stereocenters. The van der Waals surface area contributed by atoms with E-state index < -0.39 is 22.9 Å². The summed E-state index contributed by atoms with van der Waals surface area (Å²) in [5, 5.41) is 6.23. The standard InChI is InChI=1S/C18H15F3N4O4/c1-28-11-6-7-25(8-11)13-12(14(26)15(13)27)22-10-4-2-9(3-5-10)16-23-17(29-24-16)18(19,20)21/h2-5,11,22H,6-8H2,1H3. The molecule has 2 heterocycles. The van der Waals surface area contributed by atoms with Crippen LogP contribution in [-0.2, 0) is 10.9 Å². The molecule has 0 spiro atoms. The topological polar surface area (TPSA) is 97.6 Å². The molecule has 29 heavy (non-hydrogen) atoms. The van der Waals surface area contributed by atoms with Gasteiger partial charge in [-0.3, -0.25) is 9.59 Å². The zero-order chi connectivity index (χ0) is 20.8. The van der Waals surface area contributed by atoms with Crippen molar-refractivity contribution < 1.29 is 22.4 Å². The molecule has 0 radical (unpaired) electrons. The van der Waals surface area contributed by atoms with Gasteiger partial charge in [-0.2, -0.15) is 18.2 Å². The number of benzene rings is 1. The van der Waals surface area contributed by atoms with Gasteiger partial charge in [0.1, 0.15) is 11.4 Å². The van der Waals surface area contributed by atoms with Gasteiger partial charge in [-0.25, -0.2) is 0 Å². The molecular formula is C18H15F3N4O4. The van der Waals surface area contributed by atoms with Gasteiger partial charge in [0, 0.05) is 31.5 Å². The molecule has 1 saturated heterocycles. The SMILES string of the molecule is COC1CCN(c2c(Nc3ccc(-c4noc(C(F)(F)F)n4)cc3)c(=O)c2=O)C1. The Labute approximate surface area is 161 Å². The third-order valence-corrected chi connectivity index (χ3v) is 4.76. The second kappa shape index (κ2) is 6.99. The Balaban J connectivity index is 1.52. The molecule has 0 saturated carbocycles. The van der Waals surface area contributed by atoms with Crippen LogP contribution in [0.3, 0.4) is 0 Å². The van der Waals surface area contributed by atoms with Crippen molar-refractivity contribution in [1.82, 2.24) is 10.1 Å². The number of hydrogen-bond acceptors (Lipinski definition) is 8. The van der Waals surface area contributed by atoms with E-state index in [0.717, 1.165) is 6.42 Å². The van der Waals surface area contributed by atoms with Crippen molar-refractivity contribution in [2.75, 3.05) is 30.4 Å². The summed E-state index contributed by atoms with van der Waals surface area (Å²) in [5.41, 5.74) is 0.155. The molecule has 1 atom stereocenters. The van der Waals surface area contributed by atoms with Crippen molar-refractivity contribution in [2.24, 2.45) is 0 Å². The van der Waals surface area contributed by atoms with Gasteiger partial charge in [-0.1, -0.05) is 5.16 Å². The second-order valence-electron chi connectivity index (χ2n) is 6.60. The fraction of sp³-hybridized carbons (Fsp3) is 0.333. The van der Waals surface area contributed by atoms with E-state index in [0.29, 0.717) is 30.0 Å². The lowest BCUT2D eigenvalue weighted by molar-refractivity contribution is -0.159. The fourth-order valence-electron chi connectivity index (χ4n) is 3.22. The molecule has 1 N–H and O–H groups in total. The van der Waals surface area contributed by atoms with Crippen molar-refractivity contribution in [1.29, 1.82) is 0 Å². The maximum atomic E-state index is 12.6. The Morgan fingerprint density at radius 1 is 1.21 bits per heavy atom. The van der Waals surface area contributed by atoms with E-state index in [1.807, 2.05) is 4.90 Å². The van der Waals surface area contributed by atoms with Gasteiger partial charge in [-0.05, 0) is 30.7 Å². The largest absolute Gasteiger partial charge is 0.471 e. The number of hydrogen-bond donors (Lipinski definition) is 1. The highest BCUT2D eigenvalue weighted by Crippen LogP contribution is 2.31. The highest BCUT2D eigenvalue weighted by Gasteiger charge is 2.38. The molecule has 0 amide bonds. The molecule has 11 heteroatoms. The molecule has 152 valence electrons.